The highest BCUT2D eigenvalue weighted by Crippen LogP contribution is 2.41. The Balaban J connectivity index is 1.08. The molecule has 5 nitrogen and oxygen atoms in total. The minimum absolute atomic E-state index is 0.584. The maximum absolute atomic E-state index is 5.49. The third-order valence-electron chi connectivity index (χ3n) is 13.2. The zero-order valence-electron chi connectivity index (χ0n) is 36.9. The fourth-order valence-electron chi connectivity index (χ4n) is 10.0. The smallest absolute Gasteiger partial charge is 0.166 e. The third-order valence-corrected chi connectivity index (χ3v) is 13.2. The first-order valence-corrected chi connectivity index (χ1v) is 23.0. The Hall–Kier alpha value is -9.19. The number of aromatic nitrogens is 5. The highest BCUT2D eigenvalue weighted by Gasteiger charge is 2.22. The van der Waals surface area contributed by atoms with Crippen molar-refractivity contribution in [2.45, 2.75) is 0 Å². The van der Waals surface area contributed by atoms with Crippen LogP contribution < -0.4 is 0 Å². The lowest BCUT2D eigenvalue weighted by molar-refractivity contribution is 1.06. The summed E-state index contributed by atoms with van der Waals surface area (Å²) in [7, 11) is 0. The lowest BCUT2D eigenvalue weighted by atomic mass is 9.96. The van der Waals surface area contributed by atoms with Crippen molar-refractivity contribution in [3.8, 4) is 78.9 Å². The SMILES string of the molecule is c1ccc(-c2cccc(-c3ccc(-c4nc(-c5ccccc5)nc(-c5ccc(-c6ccccc6)cc5-n5c6ccccc6c6ccccc65)n4)cc3-n3c4ccccc4c4ccccc43)c2)cc1. The summed E-state index contributed by atoms with van der Waals surface area (Å²) in [6.07, 6.45) is 0. The van der Waals surface area contributed by atoms with Crippen molar-refractivity contribution in [1.82, 2.24) is 24.1 Å². The molecule has 68 heavy (non-hydrogen) atoms. The molecule has 0 fully saturated rings. The molecular weight excluding hydrogens is 827 g/mol. The van der Waals surface area contributed by atoms with Gasteiger partial charge >= 0.3 is 0 Å². The second-order valence-electron chi connectivity index (χ2n) is 17.2. The molecular formula is C63H41N5. The van der Waals surface area contributed by atoms with E-state index in [4.69, 9.17) is 15.0 Å². The van der Waals surface area contributed by atoms with Gasteiger partial charge in [-0.2, -0.15) is 0 Å². The van der Waals surface area contributed by atoms with Crippen LogP contribution in [0.3, 0.4) is 0 Å². The van der Waals surface area contributed by atoms with Crippen molar-refractivity contribution in [3.63, 3.8) is 0 Å². The summed E-state index contributed by atoms with van der Waals surface area (Å²) in [6, 6.07) is 88.2. The fraction of sp³-hybridized carbons (Fsp3) is 0. The van der Waals surface area contributed by atoms with Crippen molar-refractivity contribution in [3.05, 3.63) is 249 Å². The van der Waals surface area contributed by atoms with Crippen LogP contribution in [0.15, 0.2) is 249 Å². The molecule has 13 aromatic rings. The Labute approximate surface area is 393 Å². The van der Waals surface area contributed by atoms with Gasteiger partial charge in [-0.25, -0.2) is 15.0 Å². The number of rotatable bonds is 8. The van der Waals surface area contributed by atoms with Gasteiger partial charge in [-0.3, -0.25) is 0 Å². The molecule has 13 rings (SSSR count). The fourth-order valence-corrected chi connectivity index (χ4v) is 10.0. The predicted octanol–water partition coefficient (Wildman–Crippen LogP) is 16.1. The van der Waals surface area contributed by atoms with Crippen molar-refractivity contribution >= 4 is 43.6 Å². The summed E-state index contributed by atoms with van der Waals surface area (Å²) < 4.78 is 4.78. The molecule has 0 saturated carbocycles. The molecule has 318 valence electrons. The van der Waals surface area contributed by atoms with Gasteiger partial charge in [0.05, 0.1) is 33.4 Å². The predicted molar refractivity (Wildman–Crippen MR) is 281 cm³/mol. The summed E-state index contributed by atoms with van der Waals surface area (Å²) in [6.45, 7) is 0. The summed E-state index contributed by atoms with van der Waals surface area (Å²) in [5, 5.41) is 4.77. The summed E-state index contributed by atoms with van der Waals surface area (Å²) >= 11 is 0. The minimum Gasteiger partial charge on any atom is -0.309 e. The molecule has 0 aliphatic rings. The summed E-state index contributed by atoms with van der Waals surface area (Å²) in [5.74, 6) is 1.77. The number of hydrogen-bond donors (Lipinski definition) is 0. The van der Waals surface area contributed by atoms with Crippen LogP contribution >= 0.6 is 0 Å². The highest BCUT2D eigenvalue weighted by molar-refractivity contribution is 6.11. The van der Waals surface area contributed by atoms with E-state index in [2.05, 4.69) is 240 Å². The molecule has 5 heteroatoms. The Morgan fingerprint density at radius 2 is 0.574 bits per heavy atom. The third kappa shape index (κ3) is 6.68. The van der Waals surface area contributed by atoms with Gasteiger partial charge in [0, 0.05) is 43.8 Å². The van der Waals surface area contributed by atoms with E-state index in [-0.39, 0.29) is 0 Å². The number of nitrogens with zero attached hydrogens (tertiary/aromatic N) is 5. The second kappa shape index (κ2) is 16.4. The van der Waals surface area contributed by atoms with Crippen LogP contribution in [-0.2, 0) is 0 Å². The van der Waals surface area contributed by atoms with E-state index < -0.39 is 0 Å². The highest BCUT2D eigenvalue weighted by atomic mass is 15.1. The maximum Gasteiger partial charge on any atom is 0.166 e. The first-order valence-electron chi connectivity index (χ1n) is 23.0. The van der Waals surface area contributed by atoms with E-state index in [1.54, 1.807) is 0 Å². The van der Waals surface area contributed by atoms with E-state index in [0.717, 1.165) is 77.9 Å². The molecule has 0 radical (unpaired) electrons. The Kier molecular flexibility index (Phi) is 9.43. The van der Waals surface area contributed by atoms with E-state index >= 15 is 0 Å². The molecule has 0 unspecified atom stereocenters. The quantitative estimate of drug-likeness (QED) is 0.153. The first-order chi connectivity index (χ1) is 33.7. The zero-order valence-corrected chi connectivity index (χ0v) is 36.9. The standard InChI is InChI=1S/C63H41N5/c1-4-19-42(20-5-1)45-25-18-26-47(39-45)49-37-36-48(41-59(49)67-55-31-14-10-27-50(55)51-28-11-15-32-56(51)67)62-64-61(44-23-8-3-9-24-44)65-63(66-62)54-38-35-46(43-21-6-2-7-22-43)40-60(54)68-57-33-16-12-29-52(57)53-30-13-17-34-58(53)68/h1-41H. The average Bonchev–Trinajstić information content (AvgIpc) is 3.94. The number of benzene rings is 10. The van der Waals surface area contributed by atoms with Gasteiger partial charge < -0.3 is 9.13 Å². The van der Waals surface area contributed by atoms with Gasteiger partial charge in [0.15, 0.2) is 17.5 Å². The number of para-hydroxylation sites is 4. The molecule has 0 atom stereocenters. The topological polar surface area (TPSA) is 48.5 Å². The van der Waals surface area contributed by atoms with Crippen LogP contribution in [0.25, 0.3) is 123 Å². The maximum atomic E-state index is 5.49. The Morgan fingerprint density at radius 3 is 1.10 bits per heavy atom. The van der Waals surface area contributed by atoms with Crippen LogP contribution in [0, 0.1) is 0 Å². The first kappa shape index (κ1) is 39.2. The van der Waals surface area contributed by atoms with Gasteiger partial charge in [-0.15, -0.1) is 0 Å². The molecule has 3 heterocycles. The van der Waals surface area contributed by atoms with E-state index in [9.17, 15) is 0 Å². The number of fused-ring (bicyclic) bond motifs is 6. The minimum atomic E-state index is 0.584. The van der Waals surface area contributed by atoms with E-state index in [1.165, 1.54) is 27.1 Å². The Bertz CT molecular complexity index is 3910. The monoisotopic (exact) mass is 867 g/mol. The van der Waals surface area contributed by atoms with Gasteiger partial charge in [-0.1, -0.05) is 200 Å². The van der Waals surface area contributed by atoms with Gasteiger partial charge in [0.2, 0.25) is 0 Å². The number of hydrogen-bond acceptors (Lipinski definition) is 3. The molecule has 0 bridgehead atoms. The molecule has 3 aromatic heterocycles. The van der Waals surface area contributed by atoms with Crippen molar-refractivity contribution < 1.29 is 0 Å². The van der Waals surface area contributed by atoms with Gasteiger partial charge in [-0.05, 0) is 76.3 Å². The van der Waals surface area contributed by atoms with Crippen molar-refractivity contribution in [2.24, 2.45) is 0 Å². The molecule has 10 aromatic carbocycles. The second-order valence-corrected chi connectivity index (χ2v) is 17.2. The zero-order chi connectivity index (χ0) is 45.0. The molecule has 0 aliphatic carbocycles. The summed E-state index contributed by atoms with van der Waals surface area (Å²) in [4.78, 5) is 16.2. The average molecular weight is 868 g/mol. The Morgan fingerprint density at radius 1 is 0.221 bits per heavy atom. The van der Waals surface area contributed by atoms with Crippen LogP contribution in [0.2, 0.25) is 0 Å². The molecule has 0 aliphatic heterocycles. The van der Waals surface area contributed by atoms with Crippen LogP contribution in [0.1, 0.15) is 0 Å². The van der Waals surface area contributed by atoms with E-state index in [0.29, 0.717) is 17.5 Å². The van der Waals surface area contributed by atoms with Gasteiger partial charge in [0.1, 0.15) is 0 Å². The molecule has 0 amide bonds. The van der Waals surface area contributed by atoms with Gasteiger partial charge in [0.25, 0.3) is 0 Å². The van der Waals surface area contributed by atoms with Crippen LogP contribution in [-0.4, -0.2) is 24.1 Å². The normalized spacial score (nSPS) is 11.5. The van der Waals surface area contributed by atoms with Crippen molar-refractivity contribution in [1.29, 1.82) is 0 Å². The summed E-state index contributed by atoms with van der Waals surface area (Å²) in [5.41, 5.74) is 16.0. The lowest BCUT2D eigenvalue weighted by Gasteiger charge is -2.18. The largest absolute Gasteiger partial charge is 0.309 e. The van der Waals surface area contributed by atoms with Crippen LogP contribution in [0.5, 0.6) is 0 Å². The van der Waals surface area contributed by atoms with Crippen molar-refractivity contribution in [2.75, 3.05) is 0 Å². The molecule has 0 N–H and O–H groups in total. The molecule has 0 saturated heterocycles. The van der Waals surface area contributed by atoms with Crippen LogP contribution in [0.4, 0.5) is 0 Å². The van der Waals surface area contributed by atoms with E-state index in [1.807, 2.05) is 18.2 Å². The lowest BCUT2D eigenvalue weighted by Crippen LogP contribution is -2.05. The molecule has 0 spiro atoms.